The number of carboxylic acid groups (broad SMARTS) is 1. The molecule has 1 aromatic carbocycles. The van der Waals surface area contributed by atoms with Gasteiger partial charge in [-0.25, -0.2) is 0 Å². The number of rotatable bonds is 2. The highest BCUT2D eigenvalue weighted by atomic mass is 32.2. The first-order chi connectivity index (χ1) is 8.25. The Morgan fingerprint density at radius 2 is 2.24 bits per heavy atom. The zero-order valence-electron chi connectivity index (χ0n) is 9.01. The summed E-state index contributed by atoms with van der Waals surface area (Å²) in [4.78, 5) is 14.1. The number of hydrogen-bond acceptors (Lipinski definition) is 3. The van der Waals surface area contributed by atoms with E-state index in [1.807, 2.05) is 24.4 Å². The molecule has 0 amide bonds. The number of benzene rings is 1. The Morgan fingerprint density at radius 3 is 3.00 bits per heavy atom. The lowest BCUT2D eigenvalue weighted by Gasteiger charge is -2.09. The number of carbonyl (C=O) groups is 1. The van der Waals surface area contributed by atoms with Gasteiger partial charge in [0, 0.05) is 28.4 Å². The van der Waals surface area contributed by atoms with Gasteiger partial charge in [0.15, 0.2) is 0 Å². The fraction of sp³-hybridized carbons (Fsp3) is 0.250. The van der Waals surface area contributed by atoms with Crippen LogP contribution >= 0.6 is 11.8 Å². The summed E-state index contributed by atoms with van der Waals surface area (Å²) < 4.78 is 0. The van der Waals surface area contributed by atoms with Crippen LogP contribution in [-0.2, 0) is 4.79 Å². The fourth-order valence-corrected chi connectivity index (χ4v) is 3.36. The Labute approximate surface area is 102 Å². The molecular weight excluding hydrogens is 236 g/mol. The van der Waals surface area contributed by atoms with Gasteiger partial charge in [-0.2, -0.15) is 0 Å². The molecule has 1 aromatic heterocycles. The largest absolute Gasteiger partial charge is 0.480 e. The maximum atomic E-state index is 10.9. The molecule has 0 spiro atoms. The molecule has 88 valence electrons. The van der Waals surface area contributed by atoms with Gasteiger partial charge in [-0.15, -0.1) is 11.8 Å². The molecule has 1 fully saturated rings. The molecule has 2 heterocycles. The molecule has 0 saturated carbocycles. The van der Waals surface area contributed by atoms with E-state index < -0.39 is 12.0 Å². The molecule has 2 atom stereocenters. The van der Waals surface area contributed by atoms with E-state index in [1.165, 1.54) is 0 Å². The predicted octanol–water partition coefficient (Wildman–Crippen LogP) is 1.96. The third kappa shape index (κ3) is 1.81. The van der Waals surface area contributed by atoms with Gasteiger partial charge in [0.05, 0.1) is 5.37 Å². The summed E-state index contributed by atoms with van der Waals surface area (Å²) >= 11 is 1.64. The van der Waals surface area contributed by atoms with Crippen molar-refractivity contribution in [3.05, 3.63) is 36.0 Å². The number of aromatic nitrogens is 1. The minimum absolute atomic E-state index is 0.0623. The van der Waals surface area contributed by atoms with Crippen LogP contribution in [0.3, 0.4) is 0 Å². The molecule has 0 bridgehead atoms. The minimum Gasteiger partial charge on any atom is -0.480 e. The van der Waals surface area contributed by atoms with Crippen LogP contribution in [0.2, 0.25) is 0 Å². The number of fused-ring (bicyclic) bond motifs is 1. The van der Waals surface area contributed by atoms with E-state index in [2.05, 4.69) is 16.4 Å². The molecule has 1 saturated heterocycles. The van der Waals surface area contributed by atoms with E-state index in [0.717, 1.165) is 16.5 Å². The van der Waals surface area contributed by atoms with Gasteiger partial charge in [-0.1, -0.05) is 18.2 Å². The molecular formula is C12H12N2O2S. The number of nitrogens with one attached hydrogen (secondary N) is 2. The molecule has 3 N–H and O–H groups in total. The normalized spacial score (nSPS) is 24.2. The number of aromatic amines is 1. The maximum absolute atomic E-state index is 10.9. The van der Waals surface area contributed by atoms with Gasteiger partial charge < -0.3 is 10.1 Å². The summed E-state index contributed by atoms with van der Waals surface area (Å²) in [5, 5.41) is 13.3. The molecule has 3 rings (SSSR count). The van der Waals surface area contributed by atoms with Crippen LogP contribution in [-0.4, -0.2) is 27.9 Å². The first kappa shape index (κ1) is 10.7. The molecule has 1 aliphatic rings. The number of H-pyrrole nitrogens is 1. The average molecular weight is 248 g/mol. The predicted molar refractivity (Wildman–Crippen MR) is 68.1 cm³/mol. The molecule has 5 heteroatoms. The molecule has 0 aliphatic carbocycles. The highest BCUT2D eigenvalue weighted by molar-refractivity contribution is 7.99. The summed E-state index contributed by atoms with van der Waals surface area (Å²) in [5.74, 6) is -0.167. The van der Waals surface area contributed by atoms with Gasteiger partial charge in [0.1, 0.15) is 6.04 Å². The number of carboxylic acids is 1. The van der Waals surface area contributed by atoms with E-state index in [0.29, 0.717) is 5.75 Å². The first-order valence-corrected chi connectivity index (χ1v) is 6.47. The number of para-hydroxylation sites is 1. The van der Waals surface area contributed by atoms with Crippen molar-refractivity contribution in [1.82, 2.24) is 10.3 Å². The van der Waals surface area contributed by atoms with Gasteiger partial charge in [-0.05, 0) is 6.07 Å². The van der Waals surface area contributed by atoms with Crippen LogP contribution < -0.4 is 5.32 Å². The van der Waals surface area contributed by atoms with Crippen molar-refractivity contribution >= 4 is 28.6 Å². The van der Waals surface area contributed by atoms with Gasteiger partial charge >= 0.3 is 5.97 Å². The summed E-state index contributed by atoms with van der Waals surface area (Å²) in [6.45, 7) is 0. The van der Waals surface area contributed by atoms with Crippen molar-refractivity contribution in [2.24, 2.45) is 0 Å². The maximum Gasteiger partial charge on any atom is 0.321 e. The highest BCUT2D eigenvalue weighted by Crippen LogP contribution is 2.36. The number of aliphatic carboxylic acids is 1. The SMILES string of the molecule is O=C(O)[C@@H]1CSC(c2c[nH]c3ccccc23)N1. The lowest BCUT2D eigenvalue weighted by Crippen LogP contribution is -2.33. The second-order valence-electron chi connectivity index (χ2n) is 4.06. The van der Waals surface area contributed by atoms with Crippen LogP contribution in [0.5, 0.6) is 0 Å². The van der Waals surface area contributed by atoms with Crippen LogP contribution in [0.25, 0.3) is 10.9 Å². The quantitative estimate of drug-likeness (QED) is 0.760. The zero-order chi connectivity index (χ0) is 11.8. The van der Waals surface area contributed by atoms with E-state index in [1.54, 1.807) is 11.8 Å². The number of thioether (sulfide) groups is 1. The molecule has 4 nitrogen and oxygen atoms in total. The van der Waals surface area contributed by atoms with Crippen molar-refractivity contribution in [2.75, 3.05) is 5.75 Å². The second kappa shape index (κ2) is 4.09. The fourth-order valence-electron chi connectivity index (χ4n) is 2.10. The minimum atomic E-state index is -0.778. The summed E-state index contributed by atoms with van der Waals surface area (Å²) in [7, 11) is 0. The molecule has 17 heavy (non-hydrogen) atoms. The van der Waals surface area contributed by atoms with Crippen LogP contribution in [0.15, 0.2) is 30.5 Å². The summed E-state index contributed by atoms with van der Waals surface area (Å²) in [6, 6.07) is 7.61. The molecule has 1 aliphatic heterocycles. The van der Waals surface area contributed by atoms with Gasteiger partial charge in [0.2, 0.25) is 0 Å². The van der Waals surface area contributed by atoms with E-state index in [9.17, 15) is 4.79 Å². The molecule has 2 aromatic rings. The lowest BCUT2D eigenvalue weighted by molar-refractivity contribution is -0.138. The standard InChI is InChI=1S/C12H12N2O2S/c15-12(16)10-6-17-11(14-10)8-5-13-9-4-2-1-3-7(8)9/h1-5,10-11,13-14H,6H2,(H,15,16)/t10-,11?/m0/s1. The first-order valence-electron chi connectivity index (χ1n) is 5.42. The lowest BCUT2D eigenvalue weighted by atomic mass is 10.1. The molecule has 0 radical (unpaired) electrons. The van der Waals surface area contributed by atoms with Crippen LogP contribution in [0.4, 0.5) is 0 Å². The van der Waals surface area contributed by atoms with E-state index >= 15 is 0 Å². The van der Waals surface area contributed by atoms with Crippen molar-refractivity contribution in [3.8, 4) is 0 Å². The Morgan fingerprint density at radius 1 is 1.41 bits per heavy atom. The van der Waals surface area contributed by atoms with Crippen LogP contribution in [0, 0.1) is 0 Å². The Balaban J connectivity index is 1.93. The van der Waals surface area contributed by atoms with Crippen molar-refractivity contribution in [1.29, 1.82) is 0 Å². The van der Waals surface area contributed by atoms with Crippen molar-refractivity contribution < 1.29 is 9.90 Å². The van der Waals surface area contributed by atoms with Gasteiger partial charge in [0.25, 0.3) is 0 Å². The van der Waals surface area contributed by atoms with Crippen LogP contribution in [0.1, 0.15) is 10.9 Å². The Bertz CT molecular complexity index is 566. The number of hydrogen-bond donors (Lipinski definition) is 3. The summed E-state index contributed by atoms with van der Waals surface area (Å²) in [6.07, 6.45) is 1.96. The van der Waals surface area contributed by atoms with Crippen molar-refractivity contribution in [3.63, 3.8) is 0 Å². The smallest absolute Gasteiger partial charge is 0.321 e. The topological polar surface area (TPSA) is 65.1 Å². The third-order valence-corrected chi connectivity index (χ3v) is 4.23. The Hall–Kier alpha value is -1.46. The Kier molecular flexibility index (Phi) is 2.57. The average Bonchev–Trinajstić information content (AvgIpc) is 2.95. The van der Waals surface area contributed by atoms with Crippen molar-refractivity contribution in [2.45, 2.75) is 11.4 Å². The summed E-state index contributed by atoms with van der Waals surface area (Å²) in [5.41, 5.74) is 2.22. The van der Waals surface area contributed by atoms with E-state index in [-0.39, 0.29) is 5.37 Å². The third-order valence-electron chi connectivity index (χ3n) is 2.98. The van der Waals surface area contributed by atoms with E-state index in [4.69, 9.17) is 5.11 Å². The zero-order valence-corrected chi connectivity index (χ0v) is 9.83. The second-order valence-corrected chi connectivity index (χ2v) is 5.20. The van der Waals surface area contributed by atoms with Gasteiger partial charge in [-0.3, -0.25) is 10.1 Å². The highest BCUT2D eigenvalue weighted by Gasteiger charge is 2.31. The monoisotopic (exact) mass is 248 g/mol. The molecule has 1 unspecified atom stereocenters.